The van der Waals surface area contributed by atoms with Crippen LogP contribution < -0.4 is 5.32 Å². The van der Waals surface area contributed by atoms with Gasteiger partial charge in [0.2, 0.25) is 0 Å². The molecule has 1 heterocycles. The van der Waals surface area contributed by atoms with E-state index < -0.39 is 6.10 Å². The molecule has 0 spiro atoms. The van der Waals surface area contributed by atoms with Gasteiger partial charge in [-0.2, -0.15) is 5.26 Å². The highest BCUT2D eigenvalue weighted by molar-refractivity contribution is 7.12. The number of hydrogen-bond donors (Lipinski definition) is 2. The molecule has 110 valence electrons. The van der Waals surface area contributed by atoms with Crippen LogP contribution in [0.2, 0.25) is 0 Å². The Hall–Kier alpha value is -1.67. The predicted molar refractivity (Wildman–Crippen MR) is 86.3 cm³/mol. The van der Waals surface area contributed by atoms with Crippen LogP contribution in [0.5, 0.6) is 0 Å². The SMILES string of the molecule is Cc1cc(C(C)NCC(O)c2ccc(C#N)cc2)c(C)s1. The highest BCUT2D eigenvalue weighted by atomic mass is 32.1. The maximum Gasteiger partial charge on any atom is 0.0991 e. The van der Waals surface area contributed by atoms with Crippen LogP contribution in [-0.4, -0.2) is 11.7 Å². The number of nitrogens with one attached hydrogen (secondary N) is 1. The van der Waals surface area contributed by atoms with Crippen molar-refractivity contribution in [1.29, 1.82) is 5.26 Å². The first-order valence-corrected chi connectivity index (χ1v) is 7.81. The quantitative estimate of drug-likeness (QED) is 0.886. The molecule has 3 nitrogen and oxygen atoms in total. The Morgan fingerprint density at radius 3 is 2.48 bits per heavy atom. The number of nitriles is 1. The maximum atomic E-state index is 10.2. The number of hydrogen-bond acceptors (Lipinski definition) is 4. The van der Waals surface area contributed by atoms with Crippen LogP contribution in [0, 0.1) is 25.2 Å². The largest absolute Gasteiger partial charge is 0.387 e. The van der Waals surface area contributed by atoms with E-state index >= 15 is 0 Å². The zero-order valence-electron chi connectivity index (χ0n) is 12.6. The van der Waals surface area contributed by atoms with Crippen molar-refractivity contribution in [3.63, 3.8) is 0 Å². The highest BCUT2D eigenvalue weighted by Crippen LogP contribution is 2.26. The van der Waals surface area contributed by atoms with Crippen molar-refractivity contribution in [1.82, 2.24) is 5.32 Å². The lowest BCUT2D eigenvalue weighted by molar-refractivity contribution is 0.171. The molecule has 0 aliphatic carbocycles. The van der Waals surface area contributed by atoms with Gasteiger partial charge in [0.1, 0.15) is 0 Å². The summed E-state index contributed by atoms with van der Waals surface area (Å²) in [5.74, 6) is 0. The fourth-order valence-corrected chi connectivity index (χ4v) is 3.40. The van der Waals surface area contributed by atoms with Gasteiger partial charge in [0.05, 0.1) is 17.7 Å². The van der Waals surface area contributed by atoms with E-state index in [0.717, 1.165) is 5.56 Å². The Morgan fingerprint density at radius 1 is 1.29 bits per heavy atom. The zero-order chi connectivity index (χ0) is 15.4. The molecular weight excluding hydrogens is 280 g/mol. The van der Waals surface area contributed by atoms with Crippen molar-refractivity contribution in [2.24, 2.45) is 0 Å². The first kappa shape index (κ1) is 15.7. The molecule has 2 unspecified atom stereocenters. The fourth-order valence-electron chi connectivity index (χ4n) is 2.38. The number of rotatable bonds is 5. The average molecular weight is 300 g/mol. The second kappa shape index (κ2) is 6.86. The van der Waals surface area contributed by atoms with E-state index in [-0.39, 0.29) is 6.04 Å². The van der Waals surface area contributed by atoms with E-state index in [9.17, 15) is 5.11 Å². The second-order valence-electron chi connectivity index (χ2n) is 5.25. The van der Waals surface area contributed by atoms with E-state index in [1.54, 1.807) is 35.6 Å². The lowest BCUT2D eigenvalue weighted by Crippen LogP contribution is -2.24. The van der Waals surface area contributed by atoms with E-state index in [4.69, 9.17) is 5.26 Å². The molecule has 0 saturated carbocycles. The number of benzene rings is 1. The molecule has 0 amide bonds. The summed E-state index contributed by atoms with van der Waals surface area (Å²) >= 11 is 1.80. The number of aryl methyl sites for hydroxylation is 2. The number of aliphatic hydroxyl groups is 1. The minimum Gasteiger partial charge on any atom is -0.387 e. The first-order valence-electron chi connectivity index (χ1n) is 6.99. The zero-order valence-corrected chi connectivity index (χ0v) is 13.4. The van der Waals surface area contributed by atoms with E-state index in [2.05, 4.69) is 38.2 Å². The molecule has 0 radical (unpaired) electrons. The number of aliphatic hydroxyl groups excluding tert-OH is 1. The third-order valence-electron chi connectivity index (χ3n) is 3.59. The maximum absolute atomic E-state index is 10.2. The van der Waals surface area contributed by atoms with Gasteiger partial charge in [-0.15, -0.1) is 11.3 Å². The molecule has 21 heavy (non-hydrogen) atoms. The van der Waals surface area contributed by atoms with Gasteiger partial charge >= 0.3 is 0 Å². The van der Waals surface area contributed by atoms with E-state index in [0.29, 0.717) is 12.1 Å². The van der Waals surface area contributed by atoms with Crippen LogP contribution in [0.25, 0.3) is 0 Å². The van der Waals surface area contributed by atoms with Crippen molar-refractivity contribution in [2.45, 2.75) is 32.9 Å². The monoisotopic (exact) mass is 300 g/mol. The molecule has 1 aromatic heterocycles. The number of nitrogens with zero attached hydrogens (tertiary/aromatic N) is 1. The second-order valence-corrected chi connectivity index (χ2v) is 6.71. The Kier molecular flexibility index (Phi) is 5.13. The van der Waals surface area contributed by atoms with Crippen molar-refractivity contribution in [3.05, 3.63) is 56.8 Å². The molecule has 0 fully saturated rings. The topological polar surface area (TPSA) is 56.0 Å². The van der Waals surface area contributed by atoms with Crippen LogP contribution in [0.3, 0.4) is 0 Å². The average Bonchev–Trinajstić information content (AvgIpc) is 2.83. The van der Waals surface area contributed by atoms with Crippen LogP contribution >= 0.6 is 11.3 Å². The summed E-state index contributed by atoms with van der Waals surface area (Å²) in [7, 11) is 0. The van der Waals surface area contributed by atoms with Gasteiger partial charge in [0, 0.05) is 22.3 Å². The summed E-state index contributed by atoms with van der Waals surface area (Å²) in [5, 5.41) is 22.4. The summed E-state index contributed by atoms with van der Waals surface area (Å²) in [5.41, 5.74) is 2.73. The van der Waals surface area contributed by atoms with Gasteiger partial charge in [0.15, 0.2) is 0 Å². The van der Waals surface area contributed by atoms with Crippen molar-refractivity contribution in [3.8, 4) is 6.07 Å². The lowest BCUT2D eigenvalue weighted by Gasteiger charge is -2.17. The molecule has 0 aliphatic heterocycles. The lowest BCUT2D eigenvalue weighted by atomic mass is 10.1. The summed E-state index contributed by atoms with van der Waals surface area (Å²) < 4.78 is 0. The molecular formula is C17H20N2OS. The van der Waals surface area contributed by atoms with E-state index in [1.807, 2.05) is 0 Å². The Labute approximate surface area is 129 Å². The molecule has 0 bridgehead atoms. The van der Waals surface area contributed by atoms with Crippen LogP contribution in [0.15, 0.2) is 30.3 Å². The van der Waals surface area contributed by atoms with Gasteiger partial charge in [-0.1, -0.05) is 12.1 Å². The third kappa shape index (κ3) is 3.92. The van der Waals surface area contributed by atoms with Crippen LogP contribution in [-0.2, 0) is 0 Å². The van der Waals surface area contributed by atoms with Crippen LogP contribution in [0.4, 0.5) is 0 Å². The minimum atomic E-state index is -0.569. The van der Waals surface area contributed by atoms with Gasteiger partial charge in [-0.05, 0) is 50.1 Å². The molecule has 0 aliphatic rings. The molecule has 0 saturated heterocycles. The summed E-state index contributed by atoms with van der Waals surface area (Å²) in [6.45, 7) is 6.84. The van der Waals surface area contributed by atoms with Crippen molar-refractivity contribution < 1.29 is 5.11 Å². The van der Waals surface area contributed by atoms with Crippen molar-refractivity contribution >= 4 is 11.3 Å². The minimum absolute atomic E-state index is 0.211. The van der Waals surface area contributed by atoms with Crippen LogP contribution in [0.1, 0.15) is 45.5 Å². The summed E-state index contributed by atoms with van der Waals surface area (Å²) in [4.78, 5) is 2.63. The first-order chi connectivity index (χ1) is 10.0. The summed E-state index contributed by atoms with van der Waals surface area (Å²) in [6.07, 6.45) is -0.569. The van der Waals surface area contributed by atoms with Gasteiger partial charge in [-0.25, -0.2) is 0 Å². The Balaban J connectivity index is 1.95. The molecule has 2 rings (SSSR count). The fraction of sp³-hybridized carbons (Fsp3) is 0.353. The third-order valence-corrected chi connectivity index (χ3v) is 4.57. The highest BCUT2D eigenvalue weighted by Gasteiger charge is 2.13. The smallest absolute Gasteiger partial charge is 0.0991 e. The molecule has 2 aromatic rings. The molecule has 2 atom stereocenters. The van der Waals surface area contributed by atoms with Crippen molar-refractivity contribution in [2.75, 3.05) is 6.54 Å². The predicted octanol–water partition coefficient (Wildman–Crippen LogP) is 3.62. The Bertz CT molecular complexity index is 640. The summed E-state index contributed by atoms with van der Waals surface area (Å²) in [6, 6.07) is 11.6. The number of thiophene rings is 1. The normalized spacial score (nSPS) is 13.7. The molecule has 1 aromatic carbocycles. The van der Waals surface area contributed by atoms with Gasteiger partial charge in [-0.3, -0.25) is 0 Å². The van der Waals surface area contributed by atoms with Gasteiger partial charge in [0.25, 0.3) is 0 Å². The standard InChI is InChI=1S/C17H20N2OS/c1-11-8-16(13(3)21-11)12(2)19-10-17(20)15-6-4-14(9-18)5-7-15/h4-8,12,17,19-20H,10H2,1-3H3. The molecule has 4 heteroatoms. The van der Waals surface area contributed by atoms with Gasteiger partial charge < -0.3 is 10.4 Å². The Morgan fingerprint density at radius 2 is 1.95 bits per heavy atom. The molecule has 2 N–H and O–H groups in total. The van der Waals surface area contributed by atoms with E-state index in [1.165, 1.54) is 15.3 Å².